The predicted molar refractivity (Wildman–Crippen MR) is 79.8 cm³/mol. The van der Waals surface area contributed by atoms with Crippen molar-refractivity contribution in [1.82, 2.24) is 9.97 Å². The van der Waals surface area contributed by atoms with Crippen molar-refractivity contribution < 1.29 is 4.74 Å². The van der Waals surface area contributed by atoms with Gasteiger partial charge in [-0.05, 0) is 18.2 Å². The Kier molecular flexibility index (Phi) is 3.99. The standard InChI is InChI=1S/C14H15ClN4O/c15-11-2-1-3-12(8-11)18-13-9-14(17-10-16-13)19-4-6-20-7-5-19/h1-3,8-10H,4-7H2,(H,16,17,18). The zero-order valence-corrected chi connectivity index (χ0v) is 11.7. The van der Waals surface area contributed by atoms with Gasteiger partial charge in [-0.1, -0.05) is 17.7 Å². The second-order valence-electron chi connectivity index (χ2n) is 4.50. The Balaban J connectivity index is 1.77. The fourth-order valence-electron chi connectivity index (χ4n) is 2.09. The second kappa shape index (κ2) is 6.07. The van der Waals surface area contributed by atoms with Gasteiger partial charge in [-0.25, -0.2) is 9.97 Å². The Labute approximate surface area is 122 Å². The molecule has 0 radical (unpaired) electrons. The van der Waals surface area contributed by atoms with Crippen LogP contribution in [-0.4, -0.2) is 36.3 Å². The van der Waals surface area contributed by atoms with Gasteiger partial charge in [0, 0.05) is 29.9 Å². The molecule has 1 aliphatic rings. The third kappa shape index (κ3) is 3.18. The van der Waals surface area contributed by atoms with E-state index in [1.54, 1.807) is 6.33 Å². The number of nitrogens with zero attached hydrogens (tertiary/aromatic N) is 3. The molecule has 1 N–H and O–H groups in total. The molecular formula is C14H15ClN4O. The van der Waals surface area contributed by atoms with E-state index >= 15 is 0 Å². The van der Waals surface area contributed by atoms with Gasteiger partial charge in [-0.3, -0.25) is 0 Å². The van der Waals surface area contributed by atoms with Crippen LogP contribution in [0.1, 0.15) is 0 Å². The molecule has 2 aromatic rings. The molecule has 0 saturated carbocycles. The monoisotopic (exact) mass is 290 g/mol. The Morgan fingerprint density at radius 2 is 2.00 bits per heavy atom. The normalized spacial score (nSPS) is 15.2. The lowest BCUT2D eigenvalue weighted by atomic mass is 10.3. The minimum Gasteiger partial charge on any atom is -0.378 e. The van der Waals surface area contributed by atoms with Gasteiger partial charge in [0.25, 0.3) is 0 Å². The number of anilines is 3. The van der Waals surface area contributed by atoms with Gasteiger partial charge in [0.1, 0.15) is 18.0 Å². The van der Waals surface area contributed by atoms with Crippen LogP contribution in [0, 0.1) is 0 Å². The maximum Gasteiger partial charge on any atom is 0.135 e. The molecule has 0 spiro atoms. The number of benzene rings is 1. The highest BCUT2D eigenvalue weighted by atomic mass is 35.5. The summed E-state index contributed by atoms with van der Waals surface area (Å²) in [5.74, 6) is 1.66. The van der Waals surface area contributed by atoms with Crippen LogP contribution in [0.5, 0.6) is 0 Å². The molecule has 0 atom stereocenters. The molecular weight excluding hydrogens is 276 g/mol. The summed E-state index contributed by atoms with van der Waals surface area (Å²) in [6, 6.07) is 9.48. The third-order valence-electron chi connectivity index (χ3n) is 3.08. The van der Waals surface area contributed by atoms with E-state index in [1.807, 2.05) is 30.3 Å². The predicted octanol–water partition coefficient (Wildman–Crippen LogP) is 2.71. The molecule has 104 valence electrons. The maximum absolute atomic E-state index is 5.97. The van der Waals surface area contributed by atoms with Crippen LogP contribution in [0.2, 0.25) is 5.02 Å². The number of aromatic nitrogens is 2. The van der Waals surface area contributed by atoms with Crippen LogP contribution in [0.3, 0.4) is 0 Å². The summed E-state index contributed by atoms with van der Waals surface area (Å²) in [5, 5.41) is 3.92. The summed E-state index contributed by atoms with van der Waals surface area (Å²) in [6.07, 6.45) is 1.57. The van der Waals surface area contributed by atoms with E-state index in [1.165, 1.54) is 0 Å². The summed E-state index contributed by atoms with van der Waals surface area (Å²) in [7, 11) is 0. The van der Waals surface area contributed by atoms with Crippen LogP contribution in [-0.2, 0) is 4.74 Å². The van der Waals surface area contributed by atoms with Crippen LogP contribution in [0.4, 0.5) is 17.3 Å². The van der Waals surface area contributed by atoms with Crippen molar-refractivity contribution in [3.8, 4) is 0 Å². The van der Waals surface area contributed by atoms with Crippen molar-refractivity contribution in [3.63, 3.8) is 0 Å². The van der Waals surface area contributed by atoms with E-state index < -0.39 is 0 Å². The first kappa shape index (κ1) is 13.1. The van der Waals surface area contributed by atoms with Gasteiger partial charge in [0.2, 0.25) is 0 Å². The van der Waals surface area contributed by atoms with Crippen molar-refractivity contribution >= 4 is 28.9 Å². The van der Waals surface area contributed by atoms with Crippen molar-refractivity contribution in [2.75, 3.05) is 36.5 Å². The lowest BCUT2D eigenvalue weighted by molar-refractivity contribution is 0.122. The minimum atomic E-state index is 0.692. The fourth-order valence-corrected chi connectivity index (χ4v) is 2.29. The highest BCUT2D eigenvalue weighted by Crippen LogP contribution is 2.21. The zero-order valence-electron chi connectivity index (χ0n) is 10.9. The molecule has 2 heterocycles. The molecule has 1 aromatic heterocycles. The van der Waals surface area contributed by atoms with Crippen LogP contribution in [0.25, 0.3) is 0 Å². The molecule has 1 saturated heterocycles. The quantitative estimate of drug-likeness (QED) is 0.942. The van der Waals surface area contributed by atoms with Gasteiger partial charge >= 0.3 is 0 Å². The van der Waals surface area contributed by atoms with Crippen LogP contribution < -0.4 is 10.2 Å². The first-order valence-corrected chi connectivity index (χ1v) is 6.86. The average molecular weight is 291 g/mol. The average Bonchev–Trinajstić information content (AvgIpc) is 2.48. The van der Waals surface area contributed by atoms with Crippen LogP contribution >= 0.6 is 11.6 Å². The van der Waals surface area contributed by atoms with E-state index in [9.17, 15) is 0 Å². The number of halogens is 1. The molecule has 20 heavy (non-hydrogen) atoms. The molecule has 6 heteroatoms. The number of rotatable bonds is 3. The minimum absolute atomic E-state index is 0.692. The summed E-state index contributed by atoms with van der Waals surface area (Å²) >= 11 is 5.97. The highest BCUT2D eigenvalue weighted by Gasteiger charge is 2.12. The van der Waals surface area contributed by atoms with Crippen molar-refractivity contribution in [1.29, 1.82) is 0 Å². The molecule has 5 nitrogen and oxygen atoms in total. The molecule has 1 aromatic carbocycles. The molecule has 0 unspecified atom stereocenters. The molecule has 3 rings (SSSR count). The lowest BCUT2D eigenvalue weighted by Crippen LogP contribution is -2.36. The van der Waals surface area contributed by atoms with Gasteiger partial charge < -0.3 is 15.0 Å². The van der Waals surface area contributed by atoms with E-state index in [0.717, 1.165) is 43.6 Å². The van der Waals surface area contributed by atoms with E-state index in [0.29, 0.717) is 5.02 Å². The SMILES string of the molecule is Clc1cccc(Nc2cc(N3CCOCC3)ncn2)c1. The van der Waals surface area contributed by atoms with Gasteiger partial charge in [0.15, 0.2) is 0 Å². The maximum atomic E-state index is 5.97. The zero-order chi connectivity index (χ0) is 13.8. The van der Waals surface area contributed by atoms with Crippen molar-refractivity contribution in [2.45, 2.75) is 0 Å². The lowest BCUT2D eigenvalue weighted by Gasteiger charge is -2.27. The van der Waals surface area contributed by atoms with Crippen molar-refractivity contribution in [2.24, 2.45) is 0 Å². The molecule has 0 bridgehead atoms. The summed E-state index contributed by atoms with van der Waals surface area (Å²) in [4.78, 5) is 10.7. The molecule has 1 aliphatic heterocycles. The Morgan fingerprint density at radius 1 is 1.15 bits per heavy atom. The molecule has 0 amide bonds. The second-order valence-corrected chi connectivity index (χ2v) is 4.93. The number of hydrogen-bond donors (Lipinski definition) is 1. The Hall–Kier alpha value is -1.85. The summed E-state index contributed by atoms with van der Waals surface area (Å²) in [5.41, 5.74) is 0.907. The van der Waals surface area contributed by atoms with E-state index in [4.69, 9.17) is 16.3 Å². The van der Waals surface area contributed by atoms with Gasteiger partial charge in [-0.2, -0.15) is 0 Å². The number of nitrogens with one attached hydrogen (secondary N) is 1. The first-order valence-electron chi connectivity index (χ1n) is 6.48. The topological polar surface area (TPSA) is 50.3 Å². The third-order valence-corrected chi connectivity index (χ3v) is 3.32. The van der Waals surface area contributed by atoms with E-state index in [-0.39, 0.29) is 0 Å². The number of ether oxygens (including phenoxy) is 1. The fraction of sp³-hybridized carbons (Fsp3) is 0.286. The number of morpholine rings is 1. The largest absolute Gasteiger partial charge is 0.378 e. The number of hydrogen-bond acceptors (Lipinski definition) is 5. The molecule has 1 fully saturated rings. The highest BCUT2D eigenvalue weighted by molar-refractivity contribution is 6.30. The Bertz CT molecular complexity index is 587. The van der Waals surface area contributed by atoms with Crippen LogP contribution in [0.15, 0.2) is 36.7 Å². The van der Waals surface area contributed by atoms with E-state index in [2.05, 4.69) is 20.2 Å². The molecule has 0 aliphatic carbocycles. The smallest absolute Gasteiger partial charge is 0.135 e. The van der Waals surface area contributed by atoms with Gasteiger partial charge in [-0.15, -0.1) is 0 Å². The van der Waals surface area contributed by atoms with Gasteiger partial charge in [0.05, 0.1) is 13.2 Å². The Morgan fingerprint density at radius 3 is 2.80 bits per heavy atom. The first-order chi connectivity index (χ1) is 9.81. The summed E-state index contributed by atoms with van der Waals surface area (Å²) in [6.45, 7) is 3.18. The summed E-state index contributed by atoms with van der Waals surface area (Å²) < 4.78 is 5.34. The van der Waals surface area contributed by atoms with Crippen molar-refractivity contribution in [3.05, 3.63) is 41.7 Å².